The van der Waals surface area contributed by atoms with Gasteiger partial charge in [0.15, 0.2) is 9.79 Å². The zero-order chi connectivity index (χ0) is 32.9. The lowest BCUT2D eigenvalue weighted by Crippen LogP contribution is -2.66. The van der Waals surface area contributed by atoms with Crippen LogP contribution in [0.5, 0.6) is 0 Å². The molecular weight excluding hydrogens is 632 g/mol. The first-order valence-corrected chi connectivity index (χ1v) is 18.2. The van der Waals surface area contributed by atoms with Crippen molar-refractivity contribution in [1.82, 2.24) is 0 Å². The third kappa shape index (κ3) is 8.79. The van der Waals surface area contributed by atoms with Gasteiger partial charge in [0.2, 0.25) is 0 Å². The van der Waals surface area contributed by atoms with Gasteiger partial charge in [-0.3, -0.25) is 0 Å². The van der Waals surface area contributed by atoms with Gasteiger partial charge in [-0.25, -0.2) is 0 Å². The summed E-state index contributed by atoms with van der Waals surface area (Å²) < 4.78 is 0. The van der Waals surface area contributed by atoms with Gasteiger partial charge in [0.05, 0.1) is 28.7 Å². The Balaban J connectivity index is 0.000000185. The van der Waals surface area contributed by atoms with Gasteiger partial charge >= 0.3 is 0 Å². The Labute approximate surface area is 293 Å². The van der Waals surface area contributed by atoms with E-state index in [0.717, 1.165) is 15.8 Å². The second kappa shape index (κ2) is 17.1. The summed E-state index contributed by atoms with van der Waals surface area (Å²) in [4.78, 5) is 2.46. The number of nitriles is 1. The van der Waals surface area contributed by atoms with Gasteiger partial charge in [0.25, 0.3) is 0 Å². The SMILES string of the molecule is CCCC[B-](c1ccccc1)(c1ccccc1)c1ccccc1.N#Cc1ccc(C[S+](c2ccc(Cl)cc2)c2ccc(Cl)cc2)cc1. The predicted octanol–water partition coefficient (Wildman–Crippen LogP) is 10.1. The minimum absolute atomic E-state index is 0.128. The maximum absolute atomic E-state index is 8.95. The summed E-state index contributed by atoms with van der Waals surface area (Å²) in [7, 11) is -0.128. The highest BCUT2D eigenvalue weighted by molar-refractivity contribution is 7.96. The van der Waals surface area contributed by atoms with E-state index in [4.69, 9.17) is 28.5 Å². The topological polar surface area (TPSA) is 23.8 Å². The van der Waals surface area contributed by atoms with E-state index >= 15 is 0 Å². The Morgan fingerprint density at radius 1 is 0.553 bits per heavy atom. The zero-order valence-corrected chi connectivity index (χ0v) is 28.9. The van der Waals surface area contributed by atoms with Gasteiger partial charge < -0.3 is 0 Å². The molecular formula is C42H38BCl2NS. The Morgan fingerprint density at radius 3 is 1.32 bits per heavy atom. The monoisotopic (exact) mass is 669 g/mol. The highest BCUT2D eigenvalue weighted by Gasteiger charge is 2.29. The molecule has 0 heterocycles. The van der Waals surface area contributed by atoms with Crippen LogP contribution in [0.15, 0.2) is 174 Å². The molecule has 0 radical (unpaired) electrons. The lowest BCUT2D eigenvalue weighted by molar-refractivity contribution is 0.874. The van der Waals surface area contributed by atoms with E-state index in [1.807, 2.05) is 48.5 Å². The second-order valence-corrected chi connectivity index (χ2v) is 14.6. The summed E-state index contributed by atoms with van der Waals surface area (Å²) in [5.41, 5.74) is 6.20. The maximum Gasteiger partial charge on any atom is 0.161 e. The third-order valence-electron chi connectivity index (χ3n) is 8.69. The molecule has 0 unspecified atom stereocenters. The lowest BCUT2D eigenvalue weighted by atomic mass is 9.14. The van der Waals surface area contributed by atoms with Crippen LogP contribution < -0.4 is 16.4 Å². The van der Waals surface area contributed by atoms with Crippen molar-refractivity contribution in [3.63, 3.8) is 0 Å². The first-order valence-electron chi connectivity index (χ1n) is 16.1. The fourth-order valence-corrected chi connectivity index (χ4v) is 8.59. The largest absolute Gasteiger partial charge is 0.200 e. The number of hydrogen-bond acceptors (Lipinski definition) is 1. The summed E-state index contributed by atoms with van der Waals surface area (Å²) in [6.45, 7) is 2.28. The minimum atomic E-state index is -0.913. The van der Waals surface area contributed by atoms with Crippen molar-refractivity contribution in [2.75, 3.05) is 0 Å². The first-order chi connectivity index (χ1) is 23.0. The van der Waals surface area contributed by atoms with E-state index in [2.05, 4.69) is 128 Å². The third-order valence-corrected chi connectivity index (χ3v) is 11.5. The molecule has 0 N–H and O–H groups in total. The average Bonchev–Trinajstić information content (AvgIpc) is 3.14. The van der Waals surface area contributed by atoms with Crippen LogP contribution >= 0.6 is 23.2 Å². The molecule has 0 bridgehead atoms. The molecule has 1 nitrogen and oxygen atoms in total. The van der Waals surface area contributed by atoms with Gasteiger partial charge in [0.1, 0.15) is 5.75 Å². The molecule has 6 aromatic carbocycles. The van der Waals surface area contributed by atoms with Crippen molar-refractivity contribution in [2.45, 2.75) is 41.6 Å². The van der Waals surface area contributed by atoms with Gasteiger partial charge in [-0.1, -0.05) is 146 Å². The molecule has 0 spiro atoms. The molecule has 0 aliphatic heterocycles. The fraction of sp³-hybridized carbons (Fsp3) is 0.119. The smallest absolute Gasteiger partial charge is 0.161 e. The van der Waals surface area contributed by atoms with Crippen molar-refractivity contribution in [3.8, 4) is 6.07 Å². The van der Waals surface area contributed by atoms with Crippen molar-refractivity contribution >= 4 is 56.6 Å². The Bertz CT molecular complexity index is 1700. The molecule has 0 atom stereocenters. The van der Waals surface area contributed by atoms with Crippen LogP contribution in [-0.4, -0.2) is 6.15 Å². The summed E-state index contributed by atoms with van der Waals surface area (Å²) in [6, 6.07) is 59.1. The van der Waals surface area contributed by atoms with E-state index in [1.165, 1.54) is 50.9 Å². The Morgan fingerprint density at radius 2 is 0.957 bits per heavy atom. The molecule has 0 saturated heterocycles. The number of benzene rings is 6. The summed E-state index contributed by atoms with van der Waals surface area (Å²) >= 11 is 12.1. The Kier molecular flexibility index (Phi) is 12.4. The summed E-state index contributed by atoms with van der Waals surface area (Å²) in [6.07, 6.45) is 2.73. The molecule has 5 heteroatoms. The highest BCUT2D eigenvalue weighted by Crippen LogP contribution is 2.29. The molecule has 0 aliphatic rings. The van der Waals surface area contributed by atoms with Crippen LogP contribution in [-0.2, 0) is 16.6 Å². The van der Waals surface area contributed by atoms with Crippen LogP contribution in [0.3, 0.4) is 0 Å². The molecule has 0 amide bonds. The molecule has 6 rings (SSSR count). The van der Waals surface area contributed by atoms with Gasteiger partial charge in [-0.15, -0.1) is 0 Å². The number of unbranched alkanes of at least 4 members (excludes halogenated alkanes) is 1. The molecule has 0 aliphatic carbocycles. The van der Waals surface area contributed by atoms with Crippen LogP contribution in [0, 0.1) is 11.3 Å². The quantitative estimate of drug-likeness (QED) is 0.105. The zero-order valence-electron chi connectivity index (χ0n) is 26.6. The number of rotatable bonds is 10. The first kappa shape index (κ1) is 34.1. The number of nitrogens with zero attached hydrogens (tertiary/aromatic N) is 1. The molecule has 0 saturated carbocycles. The van der Waals surface area contributed by atoms with Crippen molar-refractivity contribution in [3.05, 3.63) is 185 Å². The van der Waals surface area contributed by atoms with Crippen LogP contribution in [0.2, 0.25) is 16.4 Å². The average molecular weight is 671 g/mol. The predicted molar refractivity (Wildman–Crippen MR) is 205 cm³/mol. The molecule has 0 fully saturated rings. The molecule has 47 heavy (non-hydrogen) atoms. The van der Waals surface area contributed by atoms with Crippen molar-refractivity contribution < 1.29 is 0 Å². The number of halogens is 2. The lowest BCUT2D eigenvalue weighted by Gasteiger charge is -2.43. The van der Waals surface area contributed by atoms with Gasteiger partial charge in [-0.2, -0.15) is 28.0 Å². The maximum atomic E-state index is 8.95. The summed E-state index contributed by atoms with van der Waals surface area (Å²) in [5.74, 6) is 0.870. The molecule has 6 aromatic rings. The highest BCUT2D eigenvalue weighted by atomic mass is 35.5. The van der Waals surface area contributed by atoms with Gasteiger partial charge in [0, 0.05) is 15.6 Å². The normalized spacial score (nSPS) is 11.0. The van der Waals surface area contributed by atoms with E-state index in [0.29, 0.717) is 5.56 Å². The fourth-order valence-electron chi connectivity index (χ4n) is 6.28. The summed E-state index contributed by atoms with van der Waals surface area (Å²) in [5, 5.41) is 10.4. The number of hydrogen-bond donors (Lipinski definition) is 0. The van der Waals surface area contributed by atoms with Crippen molar-refractivity contribution in [2.24, 2.45) is 0 Å². The van der Waals surface area contributed by atoms with Crippen LogP contribution in [0.25, 0.3) is 0 Å². The van der Waals surface area contributed by atoms with Crippen LogP contribution in [0.4, 0.5) is 0 Å². The van der Waals surface area contributed by atoms with Crippen LogP contribution in [0.1, 0.15) is 30.9 Å². The van der Waals surface area contributed by atoms with Gasteiger partial charge in [-0.05, 0) is 60.7 Å². The van der Waals surface area contributed by atoms with E-state index in [-0.39, 0.29) is 10.9 Å². The van der Waals surface area contributed by atoms with E-state index in [1.54, 1.807) is 0 Å². The minimum Gasteiger partial charge on any atom is -0.200 e. The standard InChI is InChI=1S/C22H24B.C20H14Cl2NS/c1-2-3-19-23(20-13-7-4-8-14-20,21-15-9-5-10-16-21)22-17-11-6-12-18-22;21-17-5-9-19(10-6-17)24(20-11-7-18(22)8-12-20)14-16-3-1-15(13-23)2-4-16/h4-18H,2-3,19H2,1H3;1-12H,14H2/q-1;+1. The van der Waals surface area contributed by atoms with E-state index in [9.17, 15) is 0 Å². The van der Waals surface area contributed by atoms with E-state index < -0.39 is 6.15 Å². The second-order valence-electron chi connectivity index (χ2n) is 11.7. The van der Waals surface area contributed by atoms with Crippen molar-refractivity contribution in [1.29, 1.82) is 5.26 Å². The Hall–Kier alpha value is -4.20. The molecule has 234 valence electrons. The molecule has 0 aromatic heterocycles.